The van der Waals surface area contributed by atoms with Crippen LogP contribution in [0.15, 0.2) is 16.5 Å². The van der Waals surface area contributed by atoms with Crippen LogP contribution in [0, 0.1) is 0 Å². The zero-order valence-electron chi connectivity index (χ0n) is 10.5. The Morgan fingerprint density at radius 3 is 2.53 bits per heavy atom. The summed E-state index contributed by atoms with van der Waals surface area (Å²) >= 11 is 0. The van der Waals surface area contributed by atoms with Gasteiger partial charge < -0.3 is 20.2 Å². The van der Waals surface area contributed by atoms with Gasteiger partial charge in [-0.1, -0.05) is 0 Å². The van der Waals surface area contributed by atoms with E-state index in [0.29, 0.717) is 18.1 Å². The first-order chi connectivity index (χ1) is 7.90. The Bertz CT molecular complexity index is 366. The summed E-state index contributed by atoms with van der Waals surface area (Å²) in [6.45, 7) is 6.41. The molecule has 0 aromatic carbocycles. The molecule has 0 atom stereocenters. The molecule has 0 aliphatic heterocycles. The molecule has 0 bridgehead atoms. The minimum absolute atomic E-state index is 0.0496. The number of hydrogen-bond donors (Lipinski definition) is 3. The quantitative estimate of drug-likeness (QED) is 0.711. The lowest BCUT2D eigenvalue weighted by atomic mass is 10.1. The lowest BCUT2D eigenvalue weighted by molar-refractivity contribution is -0.121. The highest BCUT2D eigenvalue weighted by atomic mass is 16.4. The lowest BCUT2D eigenvalue weighted by Crippen LogP contribution is -2.44. The second-order valence-electron chi connectivity index (χ2n) is 4.93. The molecule has 0 spiro atoms. The zero-order valence-corrected chi connectivity index (χ0v) is 10.5. The number of aliphatic hydroxyl groups is 1. The maximum Gasteiger partial charge on any atom is 0.234 e. The Hall–Kier alpha value is -1.33. The first kappa shape index (κ1) is 13.7. The van der Waals surface area contributed by atoms with Crippen LogP contribution in [-0.2, 0) is 17.9 Å². The topological polar surface area (TPSA) is 74.5 Å². The van der Waals surface area contributed by atoms with Gasteiger partial charge in [-0.15, -0.1) is 0 Å². The molecular weight excluding hydrogens is 220 g/mol. The molecular formula is C12H20N2O3. The molecule has 96 valence electrons. The summed E-state index contributed by atoms with van der Waals surface area (Å²) in [4.78, 5) is 11.5. The van der Waals surface area contributed by atoms with Crippen molar-refractivity contribution in [3.05, 3.63) is 23.7 Å². The third kappa shape index (κ3) is 5.51. The van der Waals surface area contributed by atoms with Crippen LogP contribution in [0.1, 0.15) is 32.3 Å². The van der Waals surface area contributed by atoms with E-state index in [1.807, 2.05) is 20.8 Å². The third-order valence-electron chi connectivity index (χ3n) is 1.97. The summed E-state index contributed by atoms with van der Waals surface area (Å²) in [5.41, 5.74) is -0.215. The van der Waals surface area contributed by atoms with Crippen LogP contribution in [-0.4, -0.2) is 23.1 Å². The van der Waals surface area contributed by atoms with Gasteiger partial charge in [0.25, 0.3) is 0 Å². The monoisotopic (exact) mass is 240 g/mol. The highest BCUT2D eigenvalue weighted by Crippen LogP contribution is 2.06. The van der Waals surface area contributed by atoms with E-state index in [4.69, 9.17) is 9.52 Å². The van der Waals surface area contributed by atoms with Crippen molar-refractivity contribution in [1.82, 2.24) is 10.6 Å². The molecule has 1 aromatic heterocycles. The molecule has 1 amide bonds. The van der Waals surface area contributed by atoms with Crippen LogP contribution >= 0.6 is 0 Å². The Morgan fingerprint density at radius 1 is 1.35 bits per heavy atom. The Labute approximate surface area is 101 Å². The van der Waals surface area contributed by atoms with Crippen molar-refractivity contribution in [1.29, 1.82) is 0 Å². The first-order valence-electron chi connectivity index (χ1n) is 5.61. The van der Waals surface area contributed by atoms with Gasteiger partial charge in [0.2, 0.25) is 5.91 Å². The Balaban J connectivity index is 2.26. The SMILES string of the molecule is CC(C)(C)NC(=O)CNCc1ccc(CO)o1. The standard InChI is InChI=1S/C12H20N2O3/c1-12(2,3)14-11(16)7-13-6-9-4-5-10(8-15)17-9/h4-5,13,15H,6-8H2,1-3H3,(H,14,16). The highest BCUT2D eigenvalue weighted by Gasteiger charge is 2.13. The molecule has 0 unspecified atom stereocenters. The van der Waals surface area contributed by atoms with Gasteiger partial charge in [0, 0.05) is 5.54 Å². The van der Waals surface area contributed by atoms with Crippen LogP contribution in [0.2, 0.25) is 0 Å². The van der Waals surface area contributed by atoms with Crippen LogP contribution in [0.5, 0.6) is 0 Å². The maximum absolute atomic E-state index is 11.5. The normalized spacial score (nSPS) is 11.5. The van der Waals surface area contributed by atoms with Gasteiger partial charge in [0.05, 0.1) is 13.1 Å². The van der Waals surface area contributed by atoms with E-state index in [-0.39, 0.29) is 24.6 Å². The van der Waals surface area contributed by atoms with Crippen molar-refractivity contribution < 1.29 is 14.3 Å². The third-order valence-corrected chi connectivity index (χ3v) is 1.97. The molecule has 3 N–H and O–H groups in total. The largest absolute Gasteiger partial charge is 0.462 e. The van der Waals surface area contributed by atoms with Gasteiger partial charge in [-0.3, -0.25) is 4.79 Å². The van der Waals surface area contributed by atoms with Crippen molar-refractivity contribution in [3.8, 4) is 0 Å². The summed E-state index contributed by atoms with van der Waals surface area (Å²) in [6, 6.07) is 3.49. The van der Waals surface area contributed by atoms with Crippen LogP contribution < -0.4 is 10.6 Å². The molecule has 5 nitrogen and oxygen atoms in total. The number of carbonyl (C=O) groups excluding carboxylic acids is 1. The highest BCUT2D eigenvalue weighted by molar-refractivity contribution is 5.78. The van der Waals surface area contributed by atoms with Gasteiger partial charge >= 0.3 is 0 Å². The summed E-state index contributed by atoms with van der Waals surface area (Å²) < 4.78 is 5.27. The van der Waals surface area contributed by atoms with Crippen molar-refractivity contribution in [2.45, 2.75) is 39.5 Å². The molecule has 0 aliphatic rings. The average Bonchev–Trinajstić information content (AvgIpc) is 2.63. The van der Waals surface area contributed by atoms with Gasteiger partial charge in [0.15, 0.2) is 0 Å². The van der Waals surface area contributed by atoms with E-state index in [2.05, 4.69) is 10.6 Å². The number of amides is 1. The minimum Gasteiger partial charge on any atom is -0.462 e. The van der Waals surface area contributed by atoms with E-state index in [0.717, 1.165) is 0 Å². The molecule has 0 saturated heterocycles. The average molecular weight is 240 g/mol. The zero-order chi connectivity index (χ0) is 12.9. The summed E-state index contributed by atoms with van der Waals surface area (Å²) in [7, 11) is 0. The number of rotatable bonds is 5. The lowest BCUT2D eigenvalue weighted by Gasteiger charge is -2.20. The Morgan fingerprint density at radius 2 is 2.00 bits per heavy atom. The summed E-state index contributed by atoms with van der Waals surface area (Å²) in [6.07, 6.45) is 0. The first-order valence-corrected chi connectivity index (χ1v) is 5.61. The fraction of sp³-hybridized carbons (Fsp3) is 0.583. The second-order valence-corrected chi connectivity index (χ2v) is 4.93. The number of nitrogens with one attached hydrogen (secondary N) is 2. The van der Waals surface area contributed by atoms with Crippen molar-refractivity contribution in [2.24, 2.45) is 0 Å². The number of hydrogen-bond acceptors (Lipinski definition) is 4. The van der Waals surface area contributed by atoms with E-state index in [1.54, 1.807) is 12.1 Å². The number of furan rings is 1. The molecule has 0 aliphatic carbocycles. The fourth-order valence-corrected chi connectivity index (χ4v) is 1.36. The van der Waals surface area contributed by atoms with Gasteiger partial charge in [-0.05, 0) is 32.9 Å². The summed E-state index contributed by atoms with van der Waals surface area (Å²) in [5.74, 6) is 1.19. The molecule has 1 heterocycles. The predicted molar refractivity (Wildman–Crippen MR) is 64.2 cm³/mol. The van der Waals surface area contributed by atoms with Gasteiger partial charge in [-0.25, -0.2) is 0 Å². The van der Waals surface area contributed by atoms with Crippen molar-refractivity contribution in [2.75, 3.05) is 6.54 Å². The molecule has 1 aromatic rings. The minimum atomic E-state index is -0.215. The van der Waals surface area contributed by atoms with Crippen molar-refractivity contribution >= 4 is 5.91 Å². The van der Waals surface area contributed by atoms with Crippen LogP contribution in [0.3, 0.4) is 0 Å². The molecule has 17 heavy (non-hydrogen) atoms. The molecule has 0 saturated carbocycles. The van der Waals surface area contributed by atoms with Gasteiger partial charge in [0.1, 0.15) is 18.1 Å². The predicted octanol–water partition coefficient (Wildman–Crippen LogP) is 0.776. The molecule has 5 heteroatoms. The van der Waals surface area contributed by atoms with E-state index in [9.17, 15) is 4.79 Å². The maximum atomic E-state index is 11.5. The van der Waals surface area contributed by atoms with Crippen LogP contribution in [0.25, 0.3) is 0 Å². The van der Waals surface area contributed by atoms with Crippen LogP contribution in [0.4, 0.5) is 0 Å². The number of aliphatic hydroxyl groups excluding tert-OH is 1. The number of carbonyl (C=O) groups is 1. The summed E-state index contributed by atoms with van der Waals surface area (Å²) in [5, 5.41) is 14.6. The van der Waals surface area contributed by atoms with E-state index >= 15 is 0 Å². The fourth-order valence-electron chi connectivity index (χ4n) is 1.36. The van der Waals surface area contributed by atoms with Gasteiger partial charge in [-0.2, -0.15) is 0 Å². The van der Waals surface area contributed by atoms with E-state index < -0.39 is 0 Å². The Kier molecular flexibility index (Phi) is 4.72. The smallest absolute Gasteiger partial charge is 0.234 e. The molecule has 0 radical (unpaired) electrons. The molecule has 1 rings (SSSR count). The van der Waals surface area contributed by atoms with E-state index in [1.165, 1.54) is 0 Å². The van der Waals surface area contributed by atoms with Crippen molar-refractivity contribution in [3.63, 3.8) is 0 Å². The second kappa shape index (κ2) is 5.84. The molecule has 0 fully saturated rings.